The predicted molar refractivity (Wildman–Crippen MR) is 105 cm³/mol. The molecule has 0 spiro atoms. The molecule has 0 aliphatic carbocycles. The Bertz CT molecular complexity index is 1230. The van der Waals surface area contributed by atoms with Gasteiger partial charge in [0.1, 0.15) is 16.3 Å². The van der Waals surface area contributed by atoms with Crippen molar-refractivity contribution in [3.63, 3.8) is 0 Å². The number of nitrogens with one attached hydrogen (secondary N) is 1. The van der Waals surface area contributed by atoms with Gasteiger partial charge in [-0.05, 0) is 40.2 Å². The normalized spacial score (nSPS) is 11.6. The molecule has 25 heavy (non-hydrogen) atoms. The Hall–Kier alpha value is -2.51. The van der Waals surface area contributed by atoms with E-state index in [1.165, 1.54) is 0 Å². The summed E-state index contributed by atoms with van der Waals surface area (Å²) in [7, 11) is 2.02. The third-order valence-electron chi connectivity index (χ3n) is 4.28. The minimum atomic E-state index is 0.882. The van der Waals surface area contributed by atoms with E-state index in [2.05, 4.69) is 59.0 Å². The molecular formula is C18H12BrN5S. The van der Waals surface area contributed by atoms with E-state index in [9.17, 15) is 0 Å². The highest BCUT2D eigenvalue weighted by atomic mass is 79.9. The number of thiazole rings is 1. The Morgan fingerprint density at radius 1 is 1.24 bits per heavy atom. The molecular weight excluding hydrogens is 398 g/mol. The molecule has 0 bridgehead atoms. The zero-order chi connectivity index (χ0) is 17.0. The van der Waals surface area contributed by atoms with Crippen LogP contribution in [0.25, 0.3) is 44.0 Å². The molecule has 1 N–H and O–H groups in total. The molecule has 0 unspecified atom stereocenters. The summed E-state index contributed by atoms with van der Waals surface area (Å²) < 4.78 is 3.06. The molecule has 5 aromatic heterocycles. The molecule has 122 valence electrons. The summed E-state index contributed by atoms with van der Waals surface area (Å²) in [5, 5.41) is 5.26. The van der Waals surface area contributed by atoms with Crippen LogP contribution in [0.4, 0.5) is 0 Å². The molecule has 0 saturated heterocycles. The molecule has 0 radical (unpaired) electrons. The van der Waals surface area contributed by atoms with Gasteiger partial charge in [-0.25, -0.2) is 15.0 Å². The van der Waals surface area contributed by atoms with E-state index in [1.54, 1.807) is 17.5 Å². The van der Waals surface area contributed by atoms with Crippen molar-refractivity contribution in [3.05, 3.63) is 52.7 Å². The van der Waals surface area contributed by atoms with Gasteiger partial charge in [0.2, 0.25) is 0 Å². The second-order valence-electron chi connectivity index (χ2n) is 5.79. The van der Waals surface area contributed by atoms with Gasteiger partial charge in [-0.3, -0.25) is 0 Å². The van der Waals surface area contributed by atoms with Crippen LogP contribution in [-0.2, 0) is 7.05 Å². The van der Waals surface area contributed by atoms with Gasteiger partial charge in [0.25, 0.3) is 0 Å². The van der Waals surface area contributed by atoms with Gasteiger partial charge < -0.3 is 9.55 Å². The highest BCUT2D eigenvalue weighted by Gasteiger charge is 2.15. The van der Waals surface area contributed by atoms with Crippen molar-refractivity contribution in [2.45, 2.75) is 0 Å². The summed E-state index contributed by atoms with van der Waals surface area (Å²) in [4.78, 5) is 16.9. The van der Waals surface area contributed by atoms with Crippen LogP contribution in [-0.4, -0.2) is 24.5 Å². The lowest BCUT2D eigenvalue weighted by Crippen LogP contribution is -1.93. The second-order valence-corrected chi connectivity index (χ2v) is 7.57. The van der Waals surface area contributed by atoms with E-state index >= 15 is 0 Å². The number of rotatable bonds is 2. The zero-order valence-electron chi connectivity index (χ0n) is 13.2. The Morgan fingerprint density at radius 2 is 2.16 bits per heavy atom. The highest BCUT2D eigenvalue weighted by Crippen LogP contribution is 2.34. The van der Waals surface area contributed by atoms with Crippen molar-refractivity contribution in [1.82, 2.24) is 24.5 Å². The van der Waals surface area contributed by atoms with E-state index in [4.69, 9.17) is 4.98 Å². The van der Waals surface area contributed by atoms with E-state index in [1.807, 2.05) is 25.5 Å². The first kappa shape index (κ1) is 14.8. The number of halogens is 1. The number of aromatic amines is 1. The van der Waals surface area contributed by atoms with Crippen molar-refractivity contribution >= 4 is 49.3 Å². The van der Waals surface area contributed by atoms with E-state index in [0.29, 0.717) is 0 Å². The summed E-state index contributed by atoms with van der Waals surface area (Å²) in [6.07, 6.45) is 5.58. The lowest BCUT2D eigenvalue weighted by molar-refractivity contribution is 0.952. The summed E-state index contributed by atoms with van der Waals surface area (Å²) >= 11 is 5.12. The highest BCUT2D eigenvalue weighted by molar-refractivity contribution is 9.10. The number of hydrogen-bond acceptors (Lipinski definition) is 4. The maximum Gasteiger partial charge on any atom is 0.140 e. The average molecular weight is 410 g/mol. The lowest BCUT2D eigenvalue weighted by atomic mass is 10.2. The summed E-state index contributed by atoms with van der Waals surface area (Å²) in [5.74, 6) is 0. The van der Waals surface area contributed by atoms with Crippen LogP contribution in [0.3, 0.4) is 0 Å². The maximum atomic E-state index is 4.86. The van der Waals surface area contributed by atoms with Crippen molar-refractivity contribution in [1.29, 1.82) is 0 Å². The molecule has 0 fully saturated rings. The van der Waals surface area contributed by atoms with Crippen LogP contribution in [0.5, 0.6) is 0 Å². The SMILES string of the molecule is Cn1c(-c2csc(-c3c[nH]c4ncccc34)n2)cc2cc(Br)cnc21. The quantitative estimate of drug-likeness (QED) is 0.446. The number of pyridine rings is 2. The van der Waals surface area contributed by atoms with Gasteiger partial charge in [0.15, 0.2) is 0 Å². The topological polar surface area (TPSA) is 59.4 Å². The molecule has 0 aliphatic heterocycles. The standard InChI is InChI=1S/C18H12BrN5S/c1-24-15(6-10-5-11(19)7-22-17(10)24)14-9-25-18(23-14)13-8-21-16-12(13)3-2-4-20-16/h2-9H,1H3,(H,20,21). The van der Waals surface area contributed by atoms with Crippen molar-refractivity contribution in [2.75, 3.05) is 0 Å². The minimum absolute atomic E-state index is 0.882. The van der Waals surface area contributed by atoms with E-state index in [-0.39, 0.29) is 0 Å². The average Bonchev–Trinajstić information content (AvgIpc) is 3.31. The van der Waals surface area contributed by atoms with Crippen LogP contribution < -0.4 is 0 Å². The molecule has 7 heteroatoms. The Labute approximate surface area is 155 Å². The molecule has 0 aliphatic rings. The summed E-state index contributed by atoms with van der Waals surface area (Å²) in [6, 6.07) is 8.21. The summed E-state index contributed by atoms with van der Waals surface area (Å²) in [5.41, 5.74) is 4.92. The number of fused-ring (bicyclic) bond motifs is 2. The number of H-pyrrole nitrogens is 1. The number of hydrogen-bond donors (Lipinski definition) is 1. The third-order valence-corrected chi connectivity index (χ3v) is 5.59. The molecule has 0 atom stereocenters. The maximum absolute atomic E-state index is 4.86. The van der Waals surface area contributed by atoms with Crippen LogP contribution in [0.1, 0.15) is 0 Å². The van der Waals surface area contributed by atoms with Gasteiger partial charge in [-0.15, -0.1) is 11.3 Å². The molecule has 0 saturated carbocycles. The first-order valence-electron chi connectivity index (χ1n) is 7.70. The molecule has 5 nitrogen and oxygen atoms in total. The molecule has 5 aromatic rings. The van der Waals surface area contributed by atoms with Crippen molar-refractivity contribution < 1.29 is 0 Å². The number of aromatic nitrogens is 5. The van der Waals surface area contributed by atoms with Crippen LogP contribution in [0.15, 0.2) is 52.7 Å². The monoisotopic (exact) mass is 409 g/mol. The largest absolute Gasteiger partial charge is 0.345 e. The Morgan fingerprint density at radius 3 is 3.08 bits per heavy atom. The van der Waals surface area contributed by atoms with Crippen molar-refractivity contribution in [3.8, 4) is 22.0 Å². The van der Waals surface area contributed by atoms with E-state index < -0.39 is 0 Å². The van der Waals surface area contributed by atoms with Crippen LogP contribution >= 0.6 is 27.3 Å². The van der Waals surface area contributed by atoms with Crippen LogP contribution in [0, 0.1) is 0 Å². The third kappa shape index (κ3) is 2.31. The van der Waals surface area contributed by atoms with Gasteiger partial charge >= 0.3 is 0 Å². The smallest absolute Gasteiger partial charge is 0.140 e. The molecule has 5 rings (SSSR count). The fourth-order valence-corrected chi connectivity index (χ4v) is 4.28. The Kier molecular flexibility index (Phi) is 3.26. The Balaban J connectivity index is 1.64. The predicted octanol–water partition coefficient (Wildman–Crippen LogP) is 5.00. The number of aryl methyl sites for hydroxylation is 1. The first-order chi connectivity index (χ1) is 12.2. The molecule has 5 heterocycles. The fourth-order valence-electron chi connectivity index (χ4n) is 3.09. The van der Waals surface area contributed by atoms with Crippen LogP contribution in [0.2, 0.25) is 0 Å². The van der Waals surface area contributed by atoms with Gasteiger partial charge in [0.05, 0.1) is 11.4 Å². The fraction of sp³-hybridized carbons (Fsp3) is 0.0556. The van der Waals surface area contributed by atoms with Crippen molar-refractivity contribution in [2.24, 2.45) is 7.05 Å². The van der Waals surface area contributed by atoms with Gasteiger partial charge in [-0.2, -0.15) is 0 Å². The molecule has 0 aromatic carbocycles. The molecule has 0 amide bonds. The second kappa shape index (κ2) is 5.50. The van der Waals surface area contributed by atoms with Gasteiger partial charge in [-0.1, -0.05) is 0 Å². The number of nitrogens with zero attached hydrogens (tertiary/aromatic N) is 4. The van der Waals surface area contributed by atoms with Gasteiger partial charge in [0, 0.05) is 51.8 Å². The summed E-state index contributed by atoms with van der Waals surface area (Å²) in [6.45, 7) is 0. The zero-order valence-corrected chi connectivity index (χ0v) is 15.6. The minimum Gasteiger partial charge on any atom is -0.345 e. The lowest BCUT2D eigenvalue weighted by Gasteiger charge is -2.00. The first-order valence-corrected chi connectivity index (χ1v) is 9.37. The van der Waals surface area contributed by atoms with E-state index in [0.717, 1.165) is 48.5 Å².